The first-order chi connectivity index (χ1) is 15.2. The van der Waals surface area contributed by atoms with Crippen LogP contribution in [0.2, 0.25) is 0 Å². The van der Waals surface area contributed by atoms with E-state index in [-0.39, 0.29) is 11.8 Å². The van der Waals surface area contributed by atoms with Crippen LogP contribution in [0.4, 0.5) is 0 Å². The summed E-state index contributed by atoms with van der Waals surface area (Å²) in [5.41, 5.74) is 3.46. The van der Waals surface area contributed by atoms with Gasteiger partial charge in [0.25, 0.3) is 11.8 Å². The molecule has 0 radical (unpaired) electrons. The average Bonchev–Trinajstić information content (AvgIpc) is 3.29. The molecule has 6 nitrogen and oxygen atoms in total. The summed E-state index contributed by atoms with van der Waals surface area (Å²) in [4.78, 5) is 25.0. The quantitative estimate of drug-likeness (QED) is 0.456. The Hall–Kier alpha value is -4.19. The van der Waals surface area contributed by atoms with E-state index in [2.05, 4.69) is 15.7 Å². The normalized spacial score (nSPS) is 10.5. The third-order valence-corrected chi connectivity index (χ3v) is 4.74. The molecule has 0 saturated heterocycles. The number of benzene rings is 3. The SMILES string of the molecule is O=C(NCCNC(=O)c1cc(-c2ccccc2)nn1-c1ccccc1)c1ccccc1. The molecular formula is C25H22N4O2. The molecule has 4 aromatic rings. The highest BCUT2D eigenvalue weighted by molar-refractivity contribution is 5.95. The summed E-state index contributed by atoms with van der Waals surface area (Å²) in [6.07, 6.45) is 0. The van der Waals surface area contributed by atoms with Crippen LogP contribution in [0.15, 0.2) is 97.1 Å². The molecule has 2 N–H and O–H groups in total. The number of hydrogen-bond donors (Lipinski definition) is 2. The van der Waals surface area contributed by atoms with Gasteiger partial charge in [0.2, 0.25) is 0 Å². The fourth-order valence-corrected chi connectivity index (χ4v) is 3.19. The first-order valence-corrected chi connectivity index (χ1v) is 10.0. The van der Waals surface area contributed by atoms with Crippen molar-refractivity contribution in [3.05, 3.63) is 108 Å². The Bertz CT molecular complexity index is 1160. The Morgan fingerprint density at radius 3 is 1.90 bits per heavy atom. The van der Waals surface area contributed by atoms with Crippen molar-refractivity contribution in [2.75, 3.05) is 13.1 Å². The number of rotatable bonds is 7. The summed E-state index contributed by atoms with van der Waals surface area (Å²) in [6.45, 7) is 0.628. The smallest absolute Gasteiger partial charge is 0.270 e. The van der Waals surface area contributed by atoms with Gasteiger partial charge in [-0.25, -0.2) is 4.68 Å². The van der Waals surface area contributed by atoms with Crippen molar-refractivity contribution in [1.29, 1.82) is 0 Å². The van der Waals surface area contributed by atoms with Crippen LogP contribution in [-0.2, 0) is 0 Å². The summed E-state index contributed by atoms with van der Waals surface area (Å²) in [7, 11) is 0. The maximum atomic E-state index is 12.9. The van der Waals surface area contributed by atoms with Gasteiger partial charge in [0.1, 0.15) is 5.69 Å². The van der Waals surface area contributed by atoms with Gasteiger partial charge >= 0.3 is 0 Å². The molecule has 0 bridgehead atoms. The number of para-hydroxylation sites is 1. The number of aromatic nitrogens is 2. The van der Waals surface area contributed by atoms with Crippen molar-refractivity contribution >= 4 is 11.8 Å². The molecule has 6 heteroatoms. The predicted molar refractivity (Wildman–Crippen MR) is 120 cm³/mol. The summed E-state index contributed by atoms with van der Waals surface area (Å²) in [5, 5.41) is 10.3. The van der Waals surface area contributed by atoms with Gasteiger partial charge in [0.15, 0.2) is 0 Å². The average molecular weight is 410 g/mol. The lowest BCUT2D eigenvalue weighted by atomic mass is 10.1. The molecule has 0 unspecified atom stereocenters. The van der Waals surface area contributed by atoms with E-state index < -0.39 is 0 Å². The van der Waals surface area contributed by atoms with E-state index in [1.165, 1.54) is 0 Å². The van der Waals surface area contributed by atoms with Crippen LogP contribution < -0.4 is 10.6 Å². The number of carbonyl (C=O) groups is 2. The van der Waals surface area contributed by atoms with E-state index in [0.717, 1.165) is 11.3 Å². The second kappa shape index (κ2) is 9.54. The molecule has 1 aromatic heterocycles. The molecule has 0 fully saturated rings. The first-order valence-electron chi connectivity index (χ1n) is 10.0. The van der Waals surface area contributed by atoms with Gasteiger partial charge in [0.05, 0.1) is 11.4 Å². The highest BCUT2D eigenvalue weighted by atomic mass is 16.2. The van der Waals surface area contributed by atoms with E-state index in [1.807, 2.05) is 78.9 Å². The predicted octanol–water partition coefficient (Wildman–Crippen LogP) is 3.70. The molecule has 1 heterocycles. The first kappa shape index (κ1) is 20.1. The number of nitrogens with one attached hydrogen (secondary N) is 2. The molecule has 4 rings (SSSR count). The highest BCUT2D eigenvalue weighted by Gasteiger charge is 2.17. The minimum absolute atomic E-state index is 0.171. The minimum Gasteiger partial charge on any atom is -0.350 e. The fourth-order valence-electron chi connectivity index (χ4n) is 3.19. The van der Waals surface area contributed by atoms with Crippen molar-refractivity contribution in [2.24, 2.45) is 0 Å². The molecule has 2 amide bonds. The summed E-state index contributed by atoms with van der Waals surface area (Å²) in [5.74, 6) is -0.428. The Morgan fingerprint density at radius 2 is 1.26 bits per heavy atom. The standard InChI is InChI=1S/C25H22N4O2/c30-24(20-12-6-2-7-13-20)26-16-17-27-25(31)23-18-22(19-10-4-1-5-11-19)28-29(23)21-14-8-3-9-15-21/h1-15,18H,16-17H2,(H,26,30)(H,27,31). The minimum atomic E-state index is -0.257. The molecule has 0 aliphatic heterocycles. The highest BCUT2D eigenvalue weighted by Crippen LogP contribution is 2.21. The number of nitrogens with zero attached hydrogens (tertiary/aromatic N) is 2. The molecular weight excluding hydrogens is 388 g/mol. The summed E-state index contributed by atoms with van der Waals surface area (Å²) in [6, 6.07) is 30.0. The maximum absolute atomic E-state index is 12.9. The third-order valence-electron chi connectivity index (χ3n) is 4.74. The van der Waals surface area contributed by atoms with E-state index in [9.17, 15) is 9.59 Å². The van der Waals surface area contributed by atoms with Gasteiger partial charge in [-0.2, -0.15) is 5.10 Å². The Balaban J connectivity index is 1.46. The van der Waals surface area contributed by atoms with Crippen LogP contribution in [0.5, 0.6) is 0 Å². The molecule has 0 aliphatic carbocycles. The molecule has 0 spiro atoms. The van der Waals surface area contributed by atoms with Crippen molar-refractivity contribution in [3.63, 3.8) is 0 Å². The van der Waals surface area contributed by atoms with E-state index in [0.29, 0.717) is 30.0 Å². The van der Waals surface area contributed by atoms with Crippen molar-refractivity contribution in [2.45, 2.75) is 0 Å². The van der Waals surface area contributed by atoms with Gasteiger partial charge in [0, 0.05) is 24.2 Å². The fraction of sp³-hybridized carbons (Fsp3) is 0.0800. The van der Waals surface area contributed by atoms with Crippen LogP contribution in [0.1, 0.15) is 20.8 Å². The Labute approximate surface area is 180 Å². The molecule has 0 atom stereocenters. The molecule has 154 valence electrons. The lowest BCUT2D eigenvalue weighted by molar-refractivity contribution is 0.0923. The van der Waals surface area contributed by atoms with Crippen LogP contribution in [0, 0.1) is 0 Å². The number of hydrogen-bond acceptors (Lipinski definition) is 3. The molecule has 3 aromatic carbocycles. The van der Waals surface area contributed by atoms with Crippen molar-refractivity contribution in [1.82, 2.24) is 20.4 Å². The second-order valence-corrected chi connectivity index (χ2v) is 6.91. The van der Waals surface area contributed by atoms with Gasteiger partial charge in [-0.15, -0.1) is 0 Å². The monoisotopic (exact) mass is 410 g/mol. The van der Waals surface area contributed by atoms with Gasteiger partial charge < -0.3 is 10.6 Å². The summed E-state index contributed by atoms with van der Waals surface area (Å²) < 4.78 is 1.64. The maximum Gasteiger partial charge on any atom is 0.270 e. The number of carbonyl (C=O) groups excluding carboxylic acids is 2. The van der Waals surface area contributed by atoms with Gasteiger partial charge in [-0.3, -0.25) is 9.59 Å². The van der Waals surface area contributed by atoms with E-state index >= 15 is 0 Å². The van der Waals surface area contributed by atoms with Gasteiger partial charge in [-0.1, -0.05) is 66.7 Å². The van der Waals surface area contributed by atoms with Crippen LogP contribution >= 0.6 is 0 Å². The Morgan fingerprint density at radius 1 is 0.710 bits per heavy atom. The zero-order chi connectivity index (χ0) is 21.5. The lowest BCUT2D eigenvalue weighted by Crippen LogP contribution is -2.35. The molecule has 0 saturated carbocycles. The zero-order valence-corrected chi connectivity index (χ0v) is 16.9. The van der Waals surface area contributed by atoms with E-state index in [4.69, 9.17) is 0 Å². The van der Waals surface area contributed by atoms with E-state index in [1.54, 1.807) is 22.9 Å². The van der Waals surface area contributed by atoms with Gasteiger partial charge in [-0.05, 0) is 30.3 Å². The van der Waals surface area contributed by atoms with Crippen molar-refractivity contribution < 1.29 is 9.59 Å². The molecule has 0 aliphatic rings. The van der Waals surface area contributed by atoms with Crippen LogP contribution in [0.3, 0.4) is 0 Å². The second-order valence-electron chi connectivity index (χ2n) is 6.91. The topological polar surface area (TPSA) is 76.0 Å². The largest absolute Gasteiger partial charge is 0.350 e. The number of amides is 2. The third kappa shape index (κ3) is 4.87. The van der Waals surface area contributed by atoms with Crippen LogP contribution in [0.25, 0.3) is 16.9 Å². The Kier molecular flexibility index (Phi) is 6.18. The van der Waals surface area contributed by atoms with Crippen LogP contribution in [-0.4, -0.2) is 34.7 Å². The zero-order valence-electron chi connectivity index (χ0n) is 16.9. The van der Waals surface area contributed by atoms with Crippen molar-refractivity contribution in [3.8, 4) is 16.9 Å². The lowest BCUT2D eigenvalue weighted by Gasteiger charge is -2.09. The molecule has 31 heavy (non-hydrogen) atoms. The summed E-state index contributed by atoms with van der Waals surface area (Å²) >= 11 is 0.